The predicted molar refractivity (Wildman–Crippen MR) is 86.4 cm³/mol. The molecule has 1 amide bonds. The molecule has 0 bridgehead atoms. The molecule has 6 heteroatoms. The van der Waals surface area contributed by atoms with Gasteiger partial charge in [0.15, 0.2) is 0 Å². The van der Waals surface area contributed by atoms with E-state index in [2.05, 4.69) is 26.9 Å². The number of aryl methyl sites for hydroxylation is 1. The first kappa shape index (κ1) is 14.4. The van der Waals surface area contributed by atoms with Crippen LogP contribution in [-0.4, -0.2) is 35.7 Å². The van der Waals surface area contributed by atoms with Crippen LogP contribution in [0.4, 0.5) is 0 Å². The molecule has 1 aliphatic heterocycles. The Morgan fingerprint density at radius 2 is 2.35 bits per heavy atom. The molecule has 4 rings (SSSR count). The first-order valence-corrected chi connectivity index (χ1v) is 8.16. The van der Waals surface area contributed by atoms with Gasteiger partial charge < -0.3 is 15.2 Å². The number of nitrogens with zero attached hydrogens (tertiary/aromatic N) is 2. The maximum Gasteiger partial charge on any atom is 0.259 e. The smallest absolute Gasteiger partial charge is 0.259 e. The van der Waals surface area contributed by atoms with Crippen molar-refractivity contribution >= 4 is 17.0 Å². The second-order valence-corrected chi connectivity index (χ2v) is 6.32. The fourth-order valence-electron chi connectivity index (χ4n) is 3.00. The molecule has 0 radical (unpaired) electrons. The van der Waals surface area contributed by atoms with Gasteiger partial charge in [-0.25, -0.2) is 4.98 Å². The third-order valence-electron chi connectivity index (χ3n) is 4.51. The van der Waals surface area contributed by atoms with Crippen molar-refractivity contribution in [2.75, 3.05) is 19.6 Å². The van der Waals surface area contributed by atoms with E-state index < -0.39 is 0 Å². The molecule has 3 heterocycles. The number of fused-ring (bicyclic) bond motifs is 1. The topological polar surface area (TPSA) is 80.0 Å². The molecule has 0 spiro atoms. The van der Waals surface area contributed by atoms with Gasteiger partial charge in [-0.1, -0.05) is 16.8 Å². The predicted octanol–water partition coefficient (Wildman–Crippen LogP) is 2.06. The average molecular weight is 312 g/mol. The van der Waals surface area contributed by atoms with Crippen molar-refractivity contribution in [2.24, 2.45) is 0 Å². The van der Waals surface area contributed by atoms with E-state index in [4.69, 9.17) is 4.52 Å². The minimum absolute atomic E-state index is 0.0787. The lowest BCUT2D eigenvalue weighted by Gasteiger charge is -2.15. The first-order chi connectivity index (χ1) is 11.2. The van der Waals surface area contributed by atoms with Crippen molar-refractivity contribution < 1.29 is 9.32 Å². The summed E-state index contributed by atoms with van der Waals surface area (Å²) in [7, 11) is 0. The molecule has 2 aliphatic rings. The largest absolute Gasteiger partial charge is 0.348 e. The third kappa shape index (κ3) is 2.86. The van der Waals surface area contributed by atoms with Gasteiger partial charge in [-0.05, 0) is 38.8 Å². The lowest BCUT2D eigenvalue weighted by atomic mass is 10.1. The molecule has 0 unspecified atom stereocenters. The Balaban J connectivity index is 1.62. The molecule has 2 aromatic rings. The number of nitrogens with one attached hydrogen (secondary N) is 2. The van der Waals surface area contributed by atoms with Gasteiger partial charge in [0.1, 0.15) is 0 Å². The number of aromatic nitrogens is 2. The van der Waals surface area contributed by atoms with Gasteiger partial charge in [-0.2, -0.15) is 0 Å². The summed E-state index contributed by atoms with van der Waals surface area (Å²) in [4.78, 5) is 17.2. The van der Waals surface area contributed by atoms with Crippen molar-refractivity contribution in [3.63, 3.8) is 0 Å². The Kier molecular flexibility index (Phi) is 3.61. The number of amides is 1. The van der Waals surface area contributed by atoms with E-state index >= 15 is 0 Å². The van der Waals surface area contributed by atoms with Crippen LogP contribution in [0, 0.1) is 6.92 Å². The summed E-state index contributed by atoms with van der Waals surface area (Å²) in [6.07, 6.45) is 5.39. The van der Waals surface area contributed by atoms with Crippen molar-refractivity contribution in [1.82, 2.24) is 20.8 Å². The van der Waals surface area contributed by atoms with E-state index in [1.54, 1.807) is 0 Å². The highest BCUT2D eigenvalue weighted by atomic mass is 16.5. The quantitative estimate of drug-likeness (QED) is 0.845. The molecular weight excluding hydrogens is 292 g/mol. The first-order valence-electron chi connectivity index (χ1n) is 8.16. The Morgan fingerprint density at radius 3 is 3.09 bits per heavy atom. The summed E-state index contributed by atoms with van der Waals surface area (Å²) in [5, 5.41) is 11.0. The zero-order chi connectivity index (χ0) is 15.8. The lowest BCUT2D eigenvalue weighted by Crippen LogP contribution is -2.29. The number of carbonyl (C=O) groups is 1. The maximum atomic E-state index is 12.7. The van der Waals surface area contributed by atoms with Crippen molar-refractivity contribution in [3.05, 3.63) is 34.7 Å². The van der Waals surface area contributed by atoms with Crippen LogP contribution in [0.25, 0.3) is 11.1 Å². The summed E-state index contributed by atoms with van der Waals surface area (Å²) in [5.41, 5.74) is 4.02. The van der Waals surface area contributed by atoms with Crippen LogP contribution in [0.5, 0.6) is 0 Å². The fraction of sp³-hybridized carbons (Fsp3) is 0.471. The second-order valence-electron chi connectivity index (χ2n) is 6.32. The summed E-state index contributed by atoms with van der Waals surface area (Å²) in [6, 6.07) is 1.91. The van der Waals surface area contributed by atoms with Crippen LogP contribution in [0.3, 0.4) is 0 Å². The van der Waals surface area contributed by atoms with Crippen molar-refractivity contribution in [2.45, 2.75) is 32.1 Å². The molecule has 120 valence electrons. The Labute approximate surface area is 134 Å². The molecule has 6 nitrogen and oxygen atoms in total. The highest BCUT2D eigenvalue weighted by Crippen LogP contribution is 2.40. The summed E-state index contributed by atoms with van der Waals surface area (Å²) >= 11 is 0. The van der Waals surface area contributed by atoms with Gasteiger partial charge in [-0.15, -0.1) is 0 Å². The van der Waals surface area contributed by atoms with E-state index in [1.807, 2.05) is 13.0 Å². The van der Waals surface area contributed by atoms with E-state index in [9.17, 15) is 4.79 Å². The Bertz CT molecular complexity index is 789. The zero-order valence-electron chi connectivity index (χ0n) is 13.2. The van der Waals surface area contributed by atoms with Crippen LogP contribution in [0.15, 0.2) is 22.2 Å². The monoisotopic (exact) mass is 312 g/mol. The van der Waals surface area contributed by atoms with Crippen molar-refractivity contribution in [3.8, 4) is 0 Å². The van der Waals surface area contributed by atoms with E-state index in [1.165, 1.54) is 5.57 Å². The van der Waals surface area contributed by atoms with Gasteiger partial charge in [-0.3, -0.25) is 4.79 Å². The Hall–Kier alpha value is -2.21. The maximum absolute atomic E-state index is 12.7. The summed E-state index contributed by atoms with van der Waals surface area (Å²) < 4.78 is 5.29. The van der Waals surface area contributed by atoms with Crippen LogP contribution in [-0.2, 0) is 0 Å². The van der Waals surface area contributed by atoms with E-state index in [-0.39, 0.29) is 5.91 Å². The molecule has 2 N–H and O–H groups in total. The van der Waals surface area contributed by atoms with E-state index in [0.29, 0.717) is 29.4 Å². The van der Waals surface area contributed by atoms with Gasteiger partial charge in [0.2, 0.25) is 0 Å². The highest BCUT2D eigenvalue weighted by molar-refractivity contribution is 6.06. The third-order valence-corrected chi connectivity index (χ3v) is 4.51. The van der Waals surface area contributed by atoms with E-state index in [0.717, 1.165) is 43.4 Å². The normalized spacial score (nSPS) is 18.0. The minimum atomic E-state index is -0.0787. The summed E-state index contributed by atoms with van der Waals surface area (Å²) in [6.45, 7) is 4.28. The van der Waals surface area contributed by atoms with Crippen LogP contribution in [0.2, 0.25) is 0 Å². The molecule has 0 aromatic carbocycles. The fourth-order valence-corrected chi connectivity index (χ4v) is 3.00. The number of carbonyl (C=O) groups excluding carboxylic acids is 1. The molecular formula is C17H20N4O2. The lowest BCUT2D eigenvalue weighted by molar-refractivity contribution is 0.0958. The standard InChI is InChI=1S/C17H20N4O2/c1-10-15-13(16(22)19-9-11-4-6-18-7-5-11)8-14(12-2-3-12)20-17(15)23-21-10/h4,8,12,18H,2-3,5-7,9H2,1H3,(H,19,22). The average Bonchev–Trinajstić information content (AvgIpc) is 3.37. The number of hydrogen-bond acceptors (Lipinski definition) is 5. The minimum Gasteiger partial charge on any atom is -0.348 e. The number of rotatable bonds is 4. The molecule has 23 heavy (non-hydrogen) atoms. The van der Waals surface area contributed by atoms with Crippen LogP contribution < -0.4 is 10.6 Å². The molecule has 0 saturated heterocycles. The Morgan fingerprint density at radius 1 is 1.48 bits per heavy atom. The zero-order valence-corrected chi connectivity index (χ0v) is 13.2. The number of pyridine rings is 1. The van der Waals surface area contributed by atoms with Crippen molar-refractivity contribution in [1.29, 1.82) is 0 Å². The highest BCUT2D eigenvalue weighted by Gasteiger charge is 2.28. The molecule has 1 aliphatic carbocycles. The number of hydrogen-bond donors (Lipinski definition) is 2. The molecule has 2 aromatic heterocycles. The second kappa shape index (κ2) is 5.77. The van der Waals surface area contributed by atoms with Crippen LogP contribution >= 0.6 is 0 Å². The molecule has 1 fully saturated rings. The van der Waals surface area contributed by atoms with Crippen LogP contribution in [0.1, 0.15) is 46.9 Å². The van der Waals surface area contributed by atoms with Gasteiger partial charge in [0, 0.05) is 24.7 Å². The molecule has 0 atom stereocenters. The molecule has 1 saturated carbocycles. The van der Waals surface area contributed by atoms with Gasteiger partial charge in [0.05, 0.1) is 16.6 Å². The summed E-state index contributed by atoms with van der Waals surface area (Å²) in [5.74, 6) is 0.383. The van der Waals surface area contributed by atoms with Gasteiger partial charge in [0.25, 0.3) is 11.6 Å². The van der Waals surface area contributed by atoms with Gasteiger partial charge >= 0.3 is 0 Å². The SMILES string of the molecule is Cc1noc2nc(C3CC3)cc(C(=O)NCC3=CCNCC3)c12.